The monoisotopic (exact) mass is 486 g/mol. The molecule has 1 aromatic carbocycles. The molecular formula is C19H15F9N4O. The Morgan fingerprint density at radius 3 is 1.94 bits per heavy atom. The molecule has 0 saturated heterocycles. The standard InChI is InChI=1S/C19H15F9N4O/c20-17(21,22)10-4-11(18(23,24)25)6-12(5-10)31-16-30-8-13(14(32-16)19(26,27)28)15(33)29-7-9-2-1-3-9/h4-6,8-9H,1-3,7H2,(H,29,33)(H,30,31,32). The second-order valence-corrected chi connectivity index (χ2v) is 7.38. The first-order valence-corrected chi connectivity index (χ1v) is 9.43. The summed E-state index contributed by atoms with van der Waals surface area (Å²) < 4.78 is 118. The van der Waals surface area contributed by atoms with Crippen LogP contribution >= 0.6 is 0 Å². The summed E-state index contributed by atoms with van der Waals surface area (Å²) in [5.41, 5.74) is -6.81. The molecule has 5 nitrogen and oxygen atoms in total. The van der Waals surface area contributed by atoms with Gasteiger partial charge in [-0.25, -0.2) is 9.97 Å². The van der Waals surface area contributed by atoms with E-state index in [0.29, 0.717) is 6.20 Å². The molecule has 33 heavy (non-hydrogen) atoms. The first-order chi connectivity index (χ1) is 15.1. The van der Waals surface area contributed by atoms with Crippen LogP contribution in [0.15, 0.2) is 24.4 Å². The Morgan fingerprint density at radius 1 is 0.909 bits per heavy atom. The van der Waals surface area contributed by atoms with Crippen LogP contribution in [0, 0.1) is 5.92 Å². The van der Waals surface area contributed by atoms with Gasteiger partial charge >= 0.3 is 18.5 Å². The molecule has 0 atom stereocenters. The van der Waals surface area contributed by atoms with E-state index in [1.54, 1.807) is 0 Å². The summed E-state index contributed by atoms with van der Waals surface area (Å²) in [4.78, 5) is 18.8. The number of carbonyl (C=O) groups excluding carboxylic acids is 1. The van der Waals surface area contributed by atoms with Crippen LogP contribution in [0.1, 0.15) is 46.4 Å². The number of alkyl halides is 9. The molecule has 2 aromatic rings. The van der Waals surface area contributed by atoms with Gasteiger partial charge in [-0.2, -0.15) is 39.5 Å². The summed E-state index contributed by atoms with van der Waals surface area (Å²) in [5, 5.41) is 4.26. The molecule has 0 aliphatic heterocycles. The zero-order valence-corrected chi connectivity index (χ0v) is 16.4. The Bertz CT molecular complexity index is 995. The number of hydrogen-bond donors (Lipinski definition) is 2. The number of halogens is 9. The van der Waals surface area contributed by atoms with Gasteiger partial charge in [0, 0.05) is 18.4 Å². The summed E-state index contributed by atoms with van der Waals surface area (Å²) in [5.74, 6) is -1.89. The molecule has 0 radical (unpaired) electrons. The molecule has 0 unspecified atom stereocenters. The highest BCUT2D eigenvalue weighted by Gasteiger charge is 2.39. The van der Waals surface area contributed by atoms with Gasteiger partial charge in [-0.1, -0.05) is 6.42 Å². The van der Waals surface area contributed by atoms with Crippen LogP contribution in [-0.4, -0.2) is 22.4 Å². The zero-order chi connectivity index (χ0) is 24.6. The number of hydrogen-bond acceptors (Lipinski definition) is 4. The summed E-state index contributed by atoms with van der Waals surface area (Å²) in [6.07, 6.45) is -12.4. The fourth-order valence-corrected chi connectivity index (χ4v) is 3.01. The predicted octanol–water partition coefficient (Wildman–Crippen LogP) is 5.81. The zero-order valence-electron chi connectivity index (χ0n) is 16.4. The highest BCUT2D eigenvalue weighted by Crippen LogP contribution is 2.38. The maximum atomic E-state index is 13.4. The summed E-state index contributed by atoms with van der Waals surface area (Å²) in [7, 11) is 0. The Labute approximate surface area is 180 Å². The summed E-state index contributed by atoms with van der Waals surface area (Å²) >= 11 is 0. The van der Waals surface area contributed by atoms with Crippen LogP contribution in [-0.2, 0) is 18.5 Å². The maximum absolute atomic E-state index is 13.4. The third-order valence-corrected chi connectivity index (χ3v) is 4.92. The second-order valence-electron chi connectivity index (χ2n) is 7.38. The molecule has 1 heterocycles. The Kier molecular flexibility index (Phi) is 6.48. The molecule has 3 rings (SSSR count). The third-order valence-electron chi connectivity index (χ3n) is 4.92. The van der Waals surface area contributed by atoms with Gasteiger partial charge in [0.2, 0.25) is 5.95 Å². The molecular weight excluding hydrogens is 471 g/mol. The quantitative estimate of drug-likeness (QED) is 0.524. The largest absolute Gasteiger partial charge is 0.434 e. The minimum Gasteiger partial charge on any atom is -0.352 e. The average molecular weight is 486 g/mol. The third kappa shape index (κ3) is 6.05. The van der Waals surface area contributed by atoms with E-state index in [1.807, 2.05) is 5.32 Å². The fourth-order valence-electron chi connectivity index (χ4n) is 3.01. The lowest BCUT2D eigenvalue weighted by atomic mass is 9.85. The van der Waals surface area contributed by atoms with E-state index >= 15 is 0 Å². The minimum absolute atomic E-state index is 0.136. The van der Waals surface area contributed by atoms with Gasteiger partial charge in [0.15, 0.2) is 5.69 Å². The molecule has 2 N–H and O–H groups in total. The van der Waals surface area contributed by atoms with Crippen molar-refractivity contribution < 1.29 is 44.3 Å². The number of aromatic nitrogens is 2. The van der Waals surface area contributed by atoms with Crippen molar-refractivity contribution in [3.63, 3.8) is 0 Å². The number of amides is 1. The van der Waals surface area contributed by atoms with Crippen molar-refractivity contribution in [3.8, 4) is 0 Å². The van der Waals surface area contributed by atoms with Gasteiger partial charge in [0.1, 0.15) is 0 Å². The lowest BCUT2D eigenvalue weighted by Gasteiger charge is -2.25. The highest BCUT2D eigenvalue weighted by atomic mass is 19.4. The lowest BCUT2D eigenvalue weighted by Crippen LogP contribution is -2.33. The van der Waals surface area contributed by atoms with Crippen LogP contribution < -0.4 is 10.6 Å². The number of anilines is 2. The van der Waals surface area contributed by atoms with Gasteiger partial charge < -0.3 is 10.6 Å². The van der Waals surface area contributed by atoms with E-state index in [-0.39, 0.29) is 30.7 Å². The minimum atomic E-state index is -5.15. The van der Waals surface area contributed by atoms with E-state index < -0.39 is 58.5 Å². The highest BCUT2D eigenvalue weighted by molar-refractivity contribution is 5.95. The Hall–Kier alpha value is -3.06. The number of benzene rings is 1. The van der Waals surface area contributed by atoms with Crippen molar-refractivity contribution >= 4 is 17.5 Å². The predicted molar refractivity (Wildman–Crippen MR) is 96.4 cm³/mol. The number of carbonyl (C=O) groups is 1. The first kappa shape index (κ1) is 24.6. The molecule has 1 aliphatic carbocycles. The van der Waals surface area contributed by atoms with E-state index in [9.17, 15) is 44.3 Å². The van der Waals surface area contributed by atoms with E-state index in [4.69, 9.17) is 0 Å². The Balaban J connectivity index is 1.93. The molecule has 1 saturated carbocycles. The van der Waals surface area contributed by atoms with E-state index in [2.05, 4.69) is 15.3 Å². The van der Waals surface area contributed by atoms with Crippen LogP contribution in [0.2, 0.25) is 0 Å². The van der Waals surface area contributed by atoms with Crippen molar-refractivity contribution in [2.75, 3.05) is 11.9 Å². The van der Waals surface area contributed by atoms with Crippen molar-refractivity contribution in [3.05, 3.63) is 46.8 Å². The molecule has 1 fully saturated rings. The van der Waals surface area contributed by atoms with E-state index in [1.165, 1.54) is 0 Å². The molecule has 1 amide bonds. The Morgan fingerprint density at radius 2 is 1.48 bits per heavy atom. The molecule has 1 aromatic heterocycles. The van der Waals surface area contributed by atoms with Crippen LogP contribution in [0.5, 0.6) is 0 Å². The summed E-state index contributed by atoms with van der Waals surface area (Å²) in [6.45, 7) is 0.153. The smallest absolute Gasteiger partial charge is 0.352 e. The number of rotatable bonds is 5. The molecule has 180 valence electrons. The number of nitrogens with zero attached hydrogens (tertiary/aromatic N) is 2. The average Bonchev–Trinajstić information content (AvgIpc) is 2.64. The fraction of sp³-hybridized carbons (Fsp3) is 0.421. The first-order valence-electron chi connectivity index (χ1n) is 9.43. The van der Waals surface area contributed by atoms with Crippen molar-refractivity contribution in [1.82, 2.24) is 15.3 Å². The van der Waals surface area contributed by atoms with Crippen molar-refractivity contribution in [1.29, 1.82) is 0 Å². The van der Waals surface area contributed by atoms with Gasteiger partial charge in [-0.15, -0.1) is 0 Å². The molecule has 1 aliphatic rings. The van der Waals surface area contributed by atoms with Crippen LogP contribution in [0.25, 0.3) is 0 Å². The molecule has 0 spiro atoms. The topological polar surface area (TPSA) is 66.9 Å². The number of nitrogens with one attached hydrogen (secondary N) is 2. The van der Waals surface area contributed by atoms with Gasteiger partial charge in [0.05, 0.1) is 16.7 Å². The second kappa shape index (κ2) is 8.71. The van der Waals surface area contributed by atoms with Crippen LogP contribution in [0.3, 0.4) is 0 Å². The van der Waals surface area contributed by atoms with Gasteiger partial charge in [0.25, 0.3) is 5.91 Å². The normalized spacial score (nSPS) is 15.2. The lowest BCUT2D eigenvalue weighted by molar-refractivity contribution is -0.143. The molecule has 0 bridgehead atoms. The van der Waals surface area contributed by atoms with Gasteiger partial charge in [-0.05, 0) is 37.0 Å². The SMILES string of the molecule is O=C(NCC1CCC1)c1cnc(Nc2cc(C(F)(F)F)cc(C(F)(F)F)c2)nc1C(F)(F)F. The van der Waals surface area contributed by atoms with E-state index in [0.717, 1.165) is 19.3 Å². The van der Waals surface area contributed by atoms with Crippen molar-refractivity contribution in [2.24, 2.45) is 5.92 Å². The maximum Gasteiger partial charge on any atom is 0.434 e. The van der Waals surface area contributed by atoms with Crippen molar-refractivity contribution in [2.45, 2.75) is 37.8 Å². The summed E-state index contributed by atoms with van der Waals surface area (Å²) in [6, 6.07) is 0.402. The van der Waals surface area contributed by atoms with Crippen LogP contribution in [0.4, 0.5) is 51.1 Å². The molecule has 14 heteroatoms. The van der Waals surface area contributed by atoms with Gasteiger partial charge in [-0.3, -0.25) is 4.79 Å².